The number of carboxylic acid groups (broad SMARTS) is 2. The van der Waals surface area contributed by atoms with Crippen molar-refractivity contribution in [2.24, 2.45) is 0 Å². The molecular formula is C8H10MnO6. The molecule has 6 nitrogen and oxygen atoms in total. The van der Waals surface area contributed by atoms with Gasteiger partial charge in [-0.1, -0.05) is 0 Å². The van der Waals surface area contributed by atoms with Crippen LogP contribution in [0.4, 0.5) is 0 Å². The summed E-state index contributed by atoms with van der Waals surface area (Å²) in [6, 6.07) is 5.02. The zero-order valence-electron chi connectivity index (χ0n) is 7.40. The van der Waals surface area contributed by atoms with Crippen molar-refractivity contribution < 1.29 is 47.8 Å². The zero-order chi connectivity index (χ0) is 9.14. The van der Waals surface area contributed by atoms with Gasteiger partial charge in [0.2, 0.25) is 0 Å². The van der Waals surface area contributed by atoms with E-state index in [1.54, 1.807) is 0 Å². The maximum atomic E-state index is 10.3. The van der Waals surface area contributed by atoms with Crippen molar-refractivity contribution in [3.8, 4) is 0 Å². The Bertz CT molecular complexity index is 287. The quantitative estimate of drug-likeness (QED) is 0.685. The van der Waals surface area contributed by atoms with E-state index in [-0.39, 0.29) is 39.1 Å². The van der Waals surface area contributed by atoms with Crippen molar-refractivity contribution in [2.45, 2.75) is 0 Å². The van der Waals surface area contributed by atoms with E-state index < -0.39 is 11.9 Å². The molecule has 0 bridgehead atoms. The van der Waals surface area contributed by atoms with Gasteiger partial charge in [0.25, 0.3) is 0 Å². The molecule has 0 saturated heterocycles. The molecule has 0 spiro atoms. The van der Waals surface area contributed by atoms with Crippen molar-refractivity contribution in [3.05, 3.63) is 35.4 Å². The third-order valence-electron chi connectivity index (χ3n) is 1.38. The van der Waals surface area contributed by atoms with Crippen LogP contribution in [0.3, 0.4) is 0 Å². The summed E-state index contributed by atoms with van der Waals surface area (Å²) in [7, 11) is 0. The number of carbonyl (C=O) groups is 2. The first-order valence-corrected chi connectivity index (χ1v) is 3.18. The minimum absolute atomic E-state index is 0. The van der Waals surface area contributed by atoms with Crippen LogP contribution in [0.1, 0.15) is 20.7 Å². The van der Waals surface area contributed by atoms with Crippen molar-refractivity contribution in [3.63, 3.8) is 0 Å². The number of hydrogen-bond donors (Lipinski definition) is 2. The summed E-state index contributed by atoms with van der Waals surface area (Å²) < 4.78 is 0. The smallest absolute Gasteiger partial charge is 0.335 e. The van der Waals surface area contributed by atoms with Crippen LogP contribution in [0.25, 0.3) is 0 Å². The second-order valence-corrected chi connectivity index (χ2v) is 2.19. The third-order valence-corrected chi connectivity index (χ3v) is 1.38. The number of hydrogen-bond acceptors (Lipinski definition) is 2. The topological polar surface area (TPSA) is 138 Å². The van der Waals surface area contributed by atoms with Gasteiger partial charge in [-0.05, 0) is 24.3 Å². The van der Waals surface area contributed by atoms with Gasteiger partial charge in [-0.25, -0.2) is 9.59 Å². The molecule has 6 N–H and O–H groups in total. The van der Waals surface area contributed by atoms with Gasteiger partial charge >= 0.3 is 11.9 Å². The van der Waals surface area contributed by atoms with Crippen LogP contribution < -0.4 is 0 Å². The minimum Gasteiger partial charge on any atom is -0.478 e. The van der Waals surface area contributed by atoms with Crippen LogP contribution in [0.5, 0.6) is 0 Å². The first kappa shape index (κ1) is 19.2. The van der Waals surface area contributed by atoms with Gasteiger partial charge in [0.15, 0.2) is 0 Å². The van der Waals surface area contributed by atoms with Crippen LogP contribution in [0.15, 0.2) is 24.3 Å². The van der Waals surface area contributed by atoms with E-state index in [9.17, 15) is 9.59 Å². The number of benzene rings is 1. The van der Waals surface area contributed by atoms with Crippen LogP contribution in [-0.2, 0) is 17.1 Å². The van der Waals surface area contributed by atoms with Crippen molar-refractivity contribution in [2.75, 3.05) is 0 Å². The molecule has 7 heteroatoms. The van der Waals surface area contributed by atoms with Crippen LogP contribution in [0.2, 0.25) is 0 Å². The Morgan fingerprint density at radius 3 is 1.13 bits per heavy atom. The Hall–Kier alpha value is -1.40. The molecule has 1 aromatic carbocycles. The molecule has 0 aliphatic carbocycles. The Labute approximate surface area is 95.6 Å². The van der Waals surface area contributed by atoms with Crippen LogP contribution >= 0.6 is 0 Å². The first-order chi connectivity index (χ1) is 5.61. The molecule has 1 rings (SSSR count). The van der Waals surface area contributed by atoms with Crippen LogP contribution in [0, 0.1) is 0 Å². The summed E-state index contributed by atoms with van der Waals surface area (Å²) in [6.07, 6.45) is 0. The molecule has 0 aliphatic heterocycles. The molecule has 0 atom stereocenters. The Morgan fingerprint density at radius 1 is 0.800 bits per heavy atom. The molecule has 1 radical (unpaired) electrons. The van der Waals surface area contributed by atoms with Gasteiger partial charge in [-0.3, -0.25) is 0 Å². The standard InChI is InChI=1S/C8H6O4.Mn.2H2O/c9-7(10)5-1-2-6(4-3-5)8(11)12;;;/h1-4H,(H,9,10)(H,11,12);;2*1H2. The number of carboxylic acids is 2. The van der Waals surface area contributed by atoms with Gasteiger partial charge in [-0.15, -0.1) is 0 Å². The molecule has 0 amide bonds. The molecule has 0 heterocycles. The summed E-state index contributed by atoms with van der Waals surface area (Å²) in [5.74, 6) is -2.13. The maximum absolute atomic E-state index is 10.3. The summed E-state index contributed by atoms with van der Waals surface area (Å²) in [4.78, 5) is 20.7. The molecule has 0 aromatic heterocycles. The summed E-state index contributed by atoms with van der Waals surface area (Å²) in [5, 5.41) is 16.9. The van der Waals surface area contributed by atoms with Crippen molar-refractivity contribution in [1.82, 2.24) is 0 Å². The van der Waals surface area contributed by atoms with Gasteiger partial charge in [0.05, 0.1) is 11.1 Å². The zero-order valence-corrected chi connectivity index (χ0v) is 8.58. The fourth-order valence-corrected chi connectivity index (χ4v) is 0.755. The number of aromatic carboxylic acids is 2. The predicted molar refractivity (Wildman–Crippen MR) is 47.6 cm³/mol. The van der Waals surface area contributed by atoms with E-state index >= 15 is 0 Å². The van der Waals surface area contributed by atoms with E-state index in [1.807, 2.05) is 0 Å². The second-order valence-electron chi connectivity index (χ2n) is 2.19. The molecule has 1 aromatic rings. The Kier molecular flexibility index (Phi) is 10.2. The molecule has 0 saturated carbocycles. The molecule has 0 fully saturated rings. The first-order valence-electron chi connectivity index (χ1n) is 3.18. The largest absolute Gasteiger partial charge is 0.478 e. The van der Waals surface area contributed by atoms with Crippen molar-refractivity contribution in [1.29, 1.82) is 0 Å². The maximum Gasteiger partial charge on any atom is 0.335 e. The van der Waals surface area contributed by atoms with Gasteiger partial charge in [0, 0.05) is 17.1 Å². The van der Waals surface area contributed by atoms with E-state index in [0.29, 0.717) is 0 Å². The van der Waals surface area contributed by atoms with Gasteiger partial charge in [-0.2, -0.15) is 0 Å². The minimum atomic E-state index is -1.06. The Balaban J connectivity index is -0.000000480. The van der Waals surface area contributed by atoms with E-state index in [2.05, 4.69) is 0 Å². The van der Waals surface area contributed by atoms with Gasteiger partial charge in [0.1, 0.15) is 0 Å². The summed E-state index contributed by atoms with van der Waals surface area (Å²) in [6.45, 7) is 0. The van der Waals surface area contributed by atoms with E-state index in [0.717, 1.165) is 0 Å². The normalized spacial score (nSPS) is 7.47. The average Bonchev–Trinajstić information content (AvgIpc) is 2.04. The molecule has 15 heavy (non-hydrogen) atoms. The predicted octanol–water partition coefficient (Wildman–Crippen LogP) is -0.569. The molecule has 0 unspecified atom stereocenters. The van der Waals surface area contributed by atoms with E-state index in [1.165, 1.54) is 24.3 Å². The summed E-state index contributed by atoms with van der Waals surface area (Å²) in [5.41, 5.74) is 0.167. The average molecular weight is 257 g/mol. The number of rotatable bonds is 2. The van der Waals surface area contributed by atoms with Crippen LogP contribution in [-0.4, -0.2) is 33.1 Å². The van der Waals surface area contributed by atoms with Crippen molar-refractivity contribution >= 4 is 11.9 Å². The molecule has 85 valence electrons. The third kappa shape index (κ3) is 5.14. The summed E-state index contributed by atoms with van der Waals surface area (Å²) >= 11 is 0. The fraction of sp³-hybridized carbons (Fsp3) is 0. The SMILES string of the molecule is O.O.O=C(O)c1ccc(C(=O)O)cc1.[Mn]. The molecular weight excluding hydrogens is 247 g/mol. The fourth-order valence-electron chi connectivity index (χ4n) is 0.755. The van der Waals surface area contributed by atoms with Gasteiger partial charge < -0.3 is 21.2 Å². The molecule has 0 aliphatic rings. The second kappa shape index (κ2) is 7.95. The monoisotopic (exact) mass is 257 g/mol. The van der Waals surface area contributed by atoms with E-state index in [4.69, 9.17) is 10.2 Å². The Morgan fingerprint density at radius 2 is 1.00 bits per heavy atom.